The number of hydrogen-bond acceptors (Lipinski definition) is 2. The lowest BCUT2D eigenvalue weighted by Gasteiger charge is -2.23. The van der Waals surface area contributed by atoms with E-state index in [1.54, 1.807) is 0 Å². The predicted octanol–water partition coefficient (Wildman–Crippen LogP) is 3.51. The van der Waals surface area contributed by atoms with E-state index in [4.69, 9.17) is 4.74 Å². The third-order valence-electron chi connectivity index (χ3n) is 3.33. The molecule has 0 radical (unpaired) electrons. The average Bonchev–Trinajstić information content (AvgIpc) is 2.96. The zero-order valence-corrected chi connectivity index (χ0v) is 16.4. The number of benzene rings is 1. The minimum atomic E-state index is 0. The first-order valence-electron chi connectivity index (χ1n) is 7.07. The van der Waals surface area contributed by atoms with Crippen LogP contribution in [0.4, 0.5) is 0 Å². The summed E-state index contributed by atoms with van der Waals surface area (Å²) in [6.07, 6.45) is 2.58. The van der Waals surface area contributed by atoms with Gasteiger partial charge in [0.05, 0.1) is 11.0 Å². The van der Waals surface area contributed by atoms with Gasteiger partial charge >= 0.3 is 0 Å². The van der Waals surface area contributed by atoms with Crippen molar-refractivity contribution >= 4 is 45.9 Å². The molecule has 0 aliphatic carbocycles. The summed E-state index contributed by atoms with van der Waals surface area (Å²) in [5.74, 6) is 1.85. The number of ether oxygens (including phenoxy) is 1. The molecule has 1 heterocycles. The Kier molecular flexibility index (Phi) is 8.39. The third kappa shape index (κ3) is 5.65. The van der Waals surface area contributed by atoms with Gasteiger partial charge in [0.15, 0.2) is 5.96 Å². The molecule has 6 heteroatoms. The largest absolute Gasteiger partial charge is 0.488 e. The molecular formula is C15H23BrIN3O. The van der Waals surface area contributed by atoms with E-state index in [1.165, 1.54) is 12.8 Å². The molecule has 0 amide bonds. The molecule has 1 unspecified atom stereocenters. The first kappa shape index (κ1) is 18.5. The van der Waals surface area contributed by atoms with E-state index >= 15 is 0 Å². The van der Waals surface area contributed by atoms with Crippen LogP contribution >= 0.6 is 39.9 Å². The summed E-state index contributed by atoms with van der Waals surface area (Å²) in [6, 6.07) is 7.91. The lowest BCUT2D eigenvalue weighted by molar-refractivity contribution is 0.221. The quantitative estimate of drug-likeness (QED) is 0.418. The number of nitrogens with zero attached hydrogens (tertiary/aromatic N) is 2. The SMILES string of the molecule is CN=C(NCC(C)Oc1ccccc1Br)N1CCCC1.I. The molecule has 1 aromatic carbocycles. The zero-order chi connectivity index (χ0) is 14.4. The molecule has 0 saturated carbocycles. The van der Waals surface area contributed by atoms with Gasteiger partial charge in [0.1, 0.15) is 11.9 Å². The molecule has 1 aliphatic rings. The van der Waals surface area contributed by atoms with Crippen LogP contribution in [-0.4, -0.2) is 43.6 Å². The first-order valence-corrected chi connectivity index (χ1v) is 7.87. The van der Waals surface area contributed by atoms with Gasteiger partial charge in [-0.25, -0.2) is 0 Å². The molecule has 1 N–H and O–H groups in total. The number of guanidine groups is 1. The fraction of sp³-hybridized carbons (Fsp3) is 0.533. The molecule has 0 spiro atoms. The molecule has 21 heavy (non-hydrogen) atoms. The van der Waals surface area contributed by atoms with Gasteiger partial charge in [-0.3, -0.25) is 4.99 Å². The highest BCUT2D eigenvalue weighted by Crippen LogP contribution is 2.24. The molecule has 1 aromatic rings. The second-order valence-corrected chi connectivity index (χ2v) is 5.84. The summed E-state index contributed by atoms with van der Waals surface area (Å²) >= 11 is 3.49. The van der Waals surface area contributed by atoms with Crippen molar-refractivity contribution in [2.45, 2.75) is 25.9 Å². The van der Waals surface area contributed by atoms with Gasteiger partial charge in [-0.1, -0.05) is 12.1 Å². The minimum Gasteiger partial charge on any atom is -0.488 e. The number of likely N-dealkylation sites (tertiary alicyclic amines) is 1. The second kappa shape index (κ2) is 9.50. The van der Waals surface area contributed by atoms with Crippen molar-refractivity contribution in [2.24, 2.45) is 4.99 Å². The number of rotatable bonds is 4. The van der Waals surface area contributed by atoms with Crippen LogP contribution < -0.4 is 10.1 Å². The number of halogens is 2. The van der Waals surface area contributed by atoms with Crippen molar-refractivity contribution in [2.75, 3.05) is 26.7 Å². The van der Waals surface area contributed by atoms with Crippen molar-refractivity contribution < 1.29 is 4.74 Å². The molecule has 0 aromatic heterocycles. The van der Waals surface area contributed by atoms with Crippen LogP contribution in [0.1, 0.15) is 19.8 Å². The number of aliphatic imine (C=N–C) groups is 1. The minimum absolute atomic E-state index is 0. The molecule has 1 aliphatic heterocycles. The molecular weight excluding hydrogens is 445 g/mol. The van der Waals surface area contributed by atoms with Crippen molar-refractivity contribution in [3.05, 3.63) is 28.7 Å². The van der Waals surface area contributed by atoms with E-state index in [9.17, 15) is 0 Å². The second-order valence-electron chi connectivity index (χ2n) is 4.98. The van der Waals surface area contributed by atoms with Gasteiger partial charge in [-0.2, -0.15) is 0 Å². The van der Waals surface area contributed by atoms with Crippen molar-refractivity contribution in [3.8, 4) is 5.75 Å². The number of hydrogen-bond donors (Lipinski definition) is 1. The Balaban J connectivity index is 0.00000220. The van der Waals surface area contributed by atoms with Crippen molar-refractivity contribution in [1.82, 2.24) is 10.2 Å². The fourth-order valence-electron chi connectivity index (χ4n) is 2.29. The average molecular weight is 468 g/mol. The normalized spacial score (nSPS) is 16.3. The smallest absolute Gasteiger partial charge is 0.193 e. The van der Waals surface area contributed by atoms with Crippen LogP contribution in [0.15, 0.2) is 33.7 Å². The monoisotopic (exact) mass is 467 g/mol. The van der Waals surface area contributed by atoms with Crippen LogP contribution in [-0.2, 0) is 0 Å². The Hall–Kier alpha value is -0.500. The van der Waals surface area contributed by atoms with Gasteiger partial charge in [0.2, 0.25) is 0 Å². The summed E-state index contributed by atoms with van der Waals surface area (Å²) in [6.45, 7) is 4.99. The lowest BCUT2D eigenvalue weighted by Crippen LogP contribution is -2.43. The Labute approximate surface area is 152 Å². The van der Waals surface area contributed by atoms with Gasteiger partial charge in [-0.15, -0.1) is 24.0 Å². The summed E-state index contributed by atoms with van der Waals surface area (Å²) in [5.41, 5.74) is 0. The highest BCUT2D eigenvalue weighted by atomic mass is 127. The molecule has 118 valence electrons. The van der Waals surface area contributed by atoms with Crippen molar-refractivity contribution in [3.63, 3.8) is 0 Å². The van der Waals surface area contributed by atoms with E-state index in [0.29, 0.717) is 0 Å². The highest BCUT2D eigenvalue weighted by molar-refractivity contribution is 14.0. The third-order valence-corrected chi connectivity index (χ3v) is 3.98. The highest BCUT2D eigenvalue weighted by Gasteiger charge is 2.16. The summed E-state index contributed by atoms with van der Waals surface area (Å²) in [7, 11) is 1.83. The van der Waals surface area contributed by atoms with Crippen LogP contribution in [0.3, 0.4) is 0 Å². The summed E-state index contributed by atoms with van der Waals surface area (Å²) in [5, 5.41) is 3.39. The molecule has 2 rings (SSSR count). The first-order chi connectivity index (χ1) is 9.70. The van der Waals surface area contributed by atoms with E-state index in [1.807, 2.05) is 31.3 Å². The Morgan fingerprint density at radius 2 is 2.05 bits per heavy atom. The Morgan fingerprint density at radius 3 is 2.67 bits per heavy atom. The number of para-hydroxylation sites is 1. The predicted molar refractivity (Wildman–Crippen MR) is 102 cm³/mol. The Morgan fingerprint density at radius 1 is 1.38 bits per heavy atom. The maximum atomic E-state index is 5.92. The molecule has 1 saturated heterocycles. The maximum absolute atomic E-state index is 5.92. The maximum Gasteiger partial charge on any atom is 0.193 e. The fourth-order valence-corrected chi connectivity index (χ4v) is 2.67. The van der Waals surface area contributed by atoms with Crippen LogP contribution in [0, 0.1) is 0 Å². The standard InChI is InChI=1S/C15H22BrN3O.HI/c1-12(20-14-8-4-3-7-13(14)16)11-18-15(17-2)19-9-5-6-10-19;/h3-4,7-8,12H,5-6,9-11H2,1-2H3,(H,17,18);1H. The van der Waals surface area contributed by atoms with Crippen LogP contribution in [0.5, 0.6) is 5.75 Å². The molecule has 4 nitrogen and oxygen atoms in total. The van der Waals surface area contributed by atoms with Gasteiger partial charge in [-0.05, 0) is 47.8 Å². The van der Waals surface area contributed by atoms with Gasteiger partial charge in [0, 0.05) is 20.1 Å². The lowest BCUT2D eigenvalue weighted by atomic mass is 10.3. The number of nitrogens with one attached hydrogen (secondary N) is 1. The van der Waals surface area contributed by atoms with E-state index in [-0.39, 0.29) is 30.1 Å². The summed E-state index contributed by atoms with van der Waals surface area (Å²) < 4.78 is 6.90. The zero-order valence-electron chi connectivity index (χ0n) is 12.5. The Bertz CT molecular complexity index is 464. The van der Waals surface area contributed by atoms with E-state index < -0.39 is 0 Å². The molecule has 0 bridgehead atoms. The topological polar surface area (TPSA) is 36.9 Å². The van der Waals surface area contributed by atoms with Crippen LogP contribution in [0.25, 0.3) is 0 Å². The van der Waals surface area contributed by atoms with Gasteiger partial charge < -0.3 is 15.0 Å². The molecule has 1 fully saturated rings. The molecule has 1 atom stereocenters. The van der Waals surface area contributed by atoms with Crippen molar-refractivity contribution in [1.29, 1.82) is 0 Å². The van der Waals surface area contributed by atoms with E-state index in [2.05, 4.69) is 38.1 Å². The van der Waals surface area contributed by atoms with E-state index in [0.717, 1.165) is 35.8 Å². The summed E-state index contributed by atoms with van der Waals surface area (Å²) in [4.78, 5) is 6.63. The van der Waals surface area contributed by atoms with Crippen LogP contribution in [0.2, 0.25) is 0 Å². The van der Waals surface area contributed by atoms with Gasteiger partial charge in [0.25, 0.3) is 0 Å².